The molecule has 0 heterocycles. The second-order valence-corrected chi connectivity index (χ2v) is 2.50. The summed E-state index contributed by atoms with van der Waals surface area (Å²) in [7, 11) is 1.51. The first-order valence-electron chi connectivity index (χ1n) is 4.77. The number of methoxy groups -OCH3 is 1. The molecule has 0 aliphatic carbocycles. The second kappa shape index (κ2) is 6.13. The second-order valence-electron chi connectivity index (χ2n) is 2.50. The smallest absolute Gasteiger partial charge is 0.129 e. The Labute approximate surface area is 85.0 Å². The lowest BCUT2D eigenvalue weighted by Crippen LogP contribution is -1.90. The maximum absolute atomic E-state index is 9.36. The highest BCUT2D eigenvalue weighted by molar-refractivity contribution is 5.49. The van der Waals surface area contributed by atoms with Crippen LogP contribution in [0.25, 0.3) is 0 Å². The zero-order chi connectivity index (χ0) is 11.1. The maximum Gasteiger partial charge on any atom is 0.129 e. The van der Waals surface area contributed by atoms with Gasteiger partial charge < -0.3 is 14.9 Å². The molecule has 0 saturated heterocycles. The van der Waals surface area contributed by atoms with Crippen molar-refractivity contribution in [2.24, 2.45) is 0 Å². The van der Waals surface area contributed by atoms with Crippen LogP contribution in [0.2, 0.25) is 0 Å². The van der Waals surface area contributed by atoms with Gasteiger partial charge in [-0.3, -0.25) is 0 Å². The SMILES string of the molecule is CC.CCc1c(O)cc(O)cc1OC. The number of phenols is 2. The van der Waals surface area contributed by atoms with Crippen LogP contribution in [0.5, 0.6) is 17.2 Å². The molecule has 2 N–H and O–H groups in total. The number of hydrogen-bond acceptors (Lipinski definition) is 3. The minimum Gasteiger partial charge on any atom is -0.508 e. The van der Waals surface area contributed by atoms with Gasteiger partial charge in [-0.05, 0) is 6.42 Å². The van der Waals surface area contributed by atoms with Crippen molar-refractivity contribution in [3.63, 3.8) is 0 Å². The Morgan fingerprint density at radius 3 is 2.21 bits per heavy atom. The Kier molecular flexibility index (Phi) is 5.53. The topological polar surface area (TPSA) is 49.7 Å². The van der Waals surface area contributed by atoms with Crippen molar-refractivity contribution < 1.29 is 14.9 Å². The van der Waals surface area contributed by atoms with Crippen LogP contribution in [0, 0.1) is 0 Å². The van der Waals surface area contributed by atoms with Gasteiger partial charge in [-0.15, -0.1) is 0 Å². The fraction of sp³-hybridized carbons (Fsp3) is 0.455. The van der Waals surface area contributed by atoms with Gasteiger partial charge in [0.2, 0.25) is 0 Å². The van der Waals surface area contributed by atoms with Crippen LogP contribution in [-0.4, -0.2) is 17.3 Å². The average Bonchev–Trinajstić information content (AvgIpc) is 2.19. The highest BCUT2D eigenvalue weighted by Crippen LogP contribution is 2.32. The molecule has 0 atom stereocenters. The van der Waals surface area contributed by atoms with Gasteiger partial charge in [0, 0.05) is 17.7 Å². The predicted molar refractivity (Wildman–Crippen MR) is 57.0 cm³/mol. The fourth-order valence-corrected chi connectivity index (χ4v) is 1.15. The van der Waals surface area contributed by atoms with E-state index < -0.39 is 0 Å². The van der Waals surface area contributed by atoms with Crippen LogP contribution < -0.4 is 4.74 Å². The first-order chi connectivity index (χ1) is 6.69. The van der Waals surface area contributed by atoms with E-state index in [0.29, 0.717) is 12.2 Å². The number of phenolic OH excluding ortho intramolecular Hbond substituents is 2. The molecule has 3 nitrogen and oxygen atoms in total. The molecule has 0 fully saturated rings. The third-order valence-electron chi connectivity index (χ3n) is 1.74. The van der Waals surface area contributed by atoms with E-state index in [1.807, 2.05) is 20.8 Å². The molecule has 0 aliphatic heterocycles. The molecule has 1 aromatic rings. The Morgan fingerprint density at radius 2 is 1.79 bits per heavy atom. The lowest BCUT2D eigenvalue weighted by Gasteiger charge is -2.08. The first kappa shape index (κ1) is 12.6. The monoisotopic (exact) mass is 198 g/mol. The highest BCUT2D eigenvalue weighted by Gasteiger charge is 2.07. The van der Waals surface area contributed by atoms with Crippen molar-refractivity contribution in [2.45, 2.75) is 27.2 Å². The minimum atomic E-state index is 0.0153. The quantitative estimate of drug-likeness (QED) is 0.768. The molecule has 0 aromatic heterocycles. The van der Waals surface area contributed by atoms with E-state index in [2.05, 4.69) is 0 Å². The summed E-state index contributed by atoms with van der Waals surface area (Å²) in [6.45, 7) is 5.91. The number of ether oxygens (including phenoxy) is 1. The number of benzene rings is 1. The van der Waals surface area contributed by atoms with Crippen LogP contribution in [0.3, 0.4) is 0 Å². The summed E-state index contributed by atoms with van der Waals surface area (Å²) in [5.41, 5.74) is 0.718. The van der Waals surface area contributed by atoms with Gasteiger partial charge in [0.25, 0.3) is 0 Å². The van der Waals surface area contributed by atoms with E-state index in [4.69, 9.17) is 9.84 Å². The molecule has 1 rings (SSSR count). The van der Waals surface area contributed by atoms with Crippen LogP contribution in [0.4, 0.5) is 0 Å². The van der Waals surface area contributed by atoms with Gasteiger partial charge in [0.1, 0.15) is 17.2 Å². The van der Waals surface area contributed by atoms with E-state index in [-0.39, 0.29) is 11.5 Å². The third kappa shape index (κ3) is 2.83. The summed E-state index contributed by atoms with van der Waals surface area (Å²) in [5, 5.41) is 18.5. The zero-order valence-electron chi connectivity index (χ0n) is 9.16. The molecule has 14 heavy (non-hydrogen) atoms. The van der Waals surface area contributed by atoms with Crippen LogP contribution >= 0.6 is 0 Å². The summed E-state index contributed by atoms with van der Waals surface area (Å²) >= 11 is 0. The molecule has 80 valence electrons. The van der Waals surface area contributed by atoms with E-state index in [9.17, 15) is 5.11 Å². The van der Waals surface area contributed by atoms with Gasteiger partial charge in [-0.1, -0.05) is 20.8 Å². The van der Waals surface area contributed by atoms with E-state index in [0.717, 1.165) is 5.56 Å². The van der Waals surface area contributed by atoms with E-state index in [1.54, 1.807) is 0 Å². The third-order valence-corrected chi connectivity index (χ3v) is 1.74. The highest BCUT2D eigenvalue weighted by atomic mass is 16.5. The molecule has 0 spiro atoms. The molecule has 3 heteroatoms. The Bertz CT molecular complexity index is 282. The van der Waals surface area contributed by atoms with Gasteiger partial charge >= 0.3 is 0 Å². The molecule has 0 amide bonds. The van der Waals surface area contributed by atoms with Gasteiger partial charge in [0.05, 0.1) is 7.11 Å². The predicted octanol–water partition coefficient (Wildman–Crippen LogP) is 2.70. The minimum absolute atomic E-state index is 0.0153. The lowest BCUT2D eigenvalue weighted by atomic mass is 10.1. The molecule has 0 aliphatic rings. The summed E-state index contributed by atoms with van der Waals surface area (Å²) in [5.74, 6) is 0.617. The zero-order valence-corrected chi connectivity index (χ0v) is 9.16. The standard InChI is InChI=1S/C9H12O3.C2H6/c1-3-7-8(11)4-6(10)5-9(7)12-2;1-2/h4-5,10-11H,3H2,1-2H3;1-2H3. The molecule has 0 radical (unpaired) electrons. The average molecular weight is 198 g/mol. The summed E-state index contributed by atoms with van der Waals surface area (Å²) in [4.78, 5) is 0. The summed E-state index contributed by atoms with van der Waals surface area (Å²) in [6, 6.07) is 2.79. The fourth-order valence-electron chi connectivity index (χ4n) is 1.15. The van der Waals surface area contributed by atoms with Crippen LogP contribution in [0.1, 0.15) is 26.3 Å². The van der Waals surface area contributed by atoms with Crippen molar-refractivity contribution in [1.82, 2.24) is 0 Å². The lowest BCUT2D eigenvalue weighted by molar-refractivity contribution is 0.391. The maximum atomic E-state index is 9.36. The van der Waals surface area contributed by atoms with Crippen LogP contribution in [-0.2, 0) is 6.42 Å². The van der Waals surface area contributed by atoms with Crippen LogP contribution in [0.15, 0.2) is 12.1 Å². The number of aromatic hydroxyl groups is 2. The Morgan fingerprint density at radius 1 is 1.21 bits per heavy atom. The largest absolute Gasteiger partial charge is 0.508 e. The summed E-state index contributed by atoms with van der Waals surface area (Å²) < 4.78 is 4.98. The Balaban J connectivity index is 0.000000791. The Hall–Kier alpha value is -1.38. The van der Waals surface area contributed by atoms with E-state index in [1.165, 1.54) is 19.2 Å². The van der Waals surface area contributed by atoms with Crippen molar-refractivity contribution in [1.29, 1.82) is 0 Å². The van der Waals surface area contributed by atoms with Gasteiger partial charge in [-0.2, -0.15) is 0 Å². The van der Waals surface area contributed by atoms with Crippen molar-refractivity contribution >= 4 is 0 Å². The molecule has 0 saturated carbocycles. The molecular weight excluding hydrogens is 180 g/mol. The molecule has 0 unspecified atom stereocenters. The van der Waals surface area contributed by atoms with Crippen molar-refractivity contribution in [3.05, 3.63) is 17.7 Å². The number of rotatable bonds is 2. The van der Waals surface area contributed by atoms with Gasteiger partial charge in [0.15, 0.2) is 0 Å². The molecule has 0 bridgehead atoms. The van der Waals surface area contributed by atoms with Gasteiger partial charge in [-0.25, -0.2) is 0 Å². The first-order valence-corrected chi connectivity index (χ1v) is 4.77. The van der Waals surface area contributed by atoms with Crippen molar-refractivity contribution in [3.8, 4) is 17.2 Å². The van der Waals surface area contributed by atoms with Crippen molar-refractivity contribution in [2.75, 3.05) is 7.11 Å². The molecule has 1 aromatic carbocycles. The summed E-state index contributed by atoms with van der Waals surface area (Å²) in [6.07, 6.45) is 0.676. The normalized spacial score (nSPS) is 8.86. The van der Waals surface area contributed by atoms with E-state index >= 15 is 0 Å². The molecular formula is C11H18O3. The number of hydrogen-bond donors (Lipinski definition) is 2.